The normalized spacial score (nSPS) is 22.1. The molecular formula is C6H12O6. The molecule has 12 heavy (non-hydrogen) atoms. The Balaban J connectivity index is 4.46. The minimum atomic E-state index is -3.14. The lowest BCUT2D eigenvalue weighted by atomic mass is 10.1. The Morgan fingerprint density at radius 1 is 1.33 bits per heavy atom. The van der Waals surface area contributed by atoms with Crippen LogP contribution in [0.4, 0.5) is 0 Å². The zero-order chi connectivity index (χ0) is 11.5. The summed E-state index contributed by atoms with van der Waals surface area (Å²) in [6.07, 6.45) is -6.68. The third-order valence-corrected chi connectivity index (χ3v) is 1.26. The Labute approximate surface area is 71.5 Å². The molecule has 0 aliphatic rings. The molecule has 3 atom stereocenters. The fraction of sp³-hybridized carbons (Fsp3) is 0.833. The Bertz CT molecular complexity index is 203. The van der Waals surface area contributed by atoms with Gasteiger partial charge in [-0.05, 0) is 0 Å². The van der Waals surface area contributed by atoms with Crippen LogP contribution in [0.2, 0.25) is 0 Å². The zero-order valence-electron chi connectivity index (χ0n) is 8.08. The molecule has 0 aliphatic carbocycles. The summed E-state index contributed by atoms with van der Waals surface area (Å²) in [5.74, 6) is -1.18. The number of aliphatic hydroxyl groups is 5. The van der Waals surface area contributed by atoms with E-state index in [1.165, 1.54) is 0 Å². The van der Waals surface area contributed by atoms with Crippen LogP contribution in [0.1, 0.15) is 2.74 Å². The van der Waals surface area contributed by atoms with E-state index in [0.29, 0.717) is 0 Å². The predicted molar refractivity (Wildman–Crippen MR) is 37.2 cm³/mol. The Hall–Kier alpha value is -0.530. The van der Waals surface area contributed by atoms with E-state index in [1.54, 1.807) is 0 Å². The van der Waals surface area contributed by atoms with E-state index in [0.717, 1.165) is 0 Å². The molecule has 0 unspecified atom stereocenters. The van der Waals surface area contributed by atoms with Crippen LogP contribution < -0.4 is 0 Å². The number of hydrogen-bond acceptors (Lipinski definition) is 6. The maximum Gasteiger partial charge on any atom is 0.189 e. The zero-order valence-corrected chi connectivity index (χ0v) is 6.08. The van der Waals surface area contributed by atoms with Crippen molar-refractivity contribution in [1.29, 1.82) is 0 Å². The van der Waals surface area contributed by atoms with Crippen LogP contribution in [0.25, 0.3) is 0 Å². The van der Waals surface area contributed by atoms with Gasteiger partial charge in [-0.1, -0.05) is 0 Å². The summed E-state index contributed by atoms with van der Waals surface area (Å²) in [5, 5.41) is 43.7. The first kappa shape index (κ1) is 8.09. The standard InChI is InChI=1S/C6H12O6/c7-1-3(9)5(11)6(12)4(10)2-8/h3,5-9,11-12H,1-2H2/t3-,5-,6-/m1/s1/i1+1D2. The molecule has 0 aromatic carbocycles. The van der Waals surface area contributed by atoms with Gasteiger partial charge in [0.25, 0.3) is 0 Å². The number of carbonyl (C=O) groups excluding carboxylic acids is 1. The highest BCUT2D eigenvalue weighted by atomic mass is 16.4. The van der Waals surface area contributed by atoms with Crippen LogP contribution in [0.15, 0.2) is 0 Å². The van der Waals surface area contributed by atoms with Gasteiger partial charge in [-0.2, -0.15) is 0 Å². The first-order chi connectivity index (χ1) is 6.21. The second kappa shape index (κ2) is 5.18. The van der Waals surface area contributed by atoms with Crippen molar-refractivity contribution < 1.29 is 33.1 Å². The lowest BCUT2D eigenvalue weighted by molar-refractivity contribution is -0.142. The fourth-order valence-corrected chi connectivity index (χ4v) is 0.533. The molecule has 0 saturated carbocycles. The Morgan fingerprint density at radius 2 is 1.83 bits per heavy atom. The first-order valence-electron chi connectivity index (χ1n) is 4.12. The fourth-order valence-electron chi connectivity index (χ4n) is 0.533. The lowest BCUT2D eigenvalue weighted by Gasteiger charge is -2.19. The molecule has 0 radical (unpaired) electrons. The van der Waals surface area contributed by atoms with Gasteiger partial charge in [-0.15, -0.1) is 0 Å². The molecular weight excluding hydrogens is 169 g/mol. The highest BCUT2D eigenvalue weighted by molar-refractivity contribution is 5.84. The maximum absolute atomic E-state index is 10.6. The van der Waals surface area contributed by atoms with E-state index in [1.807, 2.05) is 0 Å². The van der Waals surface area contributed by atoms with Crippen LogP contribution in [0.5, 0.6) is 0 Å². The molecule has 0 spiro atoms. The summed E-state index contributed by atoms with van der Waals surface area (Å²) in [6, 6.07) is 0. The van der Waals surface area contributed by atoms with Crippen LogP contribution >= 0.6 is 0 Å². The molecule has 0 rings (SSSR count). The lowest BCUT2D eigenvalue weighted by Crippen LogP contribution is -2.44. The van der Waals surface area contributed by atoms with E-state index in [4.69, 9.17) is 28.3 Å². The number of Topliss-reactive ketones (excluding diaryl/α,β-unsaturated/α-hetero) is 1. The minimum Gasteiger partial charge on any atom is -0.394 e. The number of carbonyl (C=O) groups is 1. The van der Waals surface area contributed by atoms with Crippen molar-refractivity contribution in [2.24, 2.45) is 0 Å². The van der Waals surface area contributed by atoms with Crippen molar-refractivity contribution in [3.05, 3.63) is 0 Å². The SMILES string of the molecule is [2H][13C]([2H])(O)[C@@H](O)[C@@H](O)[C@H](O)C(=O)CO. The van der Waals surface area contributed by atoms with Gasteiger partial charge in [0.2, 0.25) is 0 Å². The van der Waals surface area contributed by atoms with Crippen molar-refractivity contribution in [2.75, 3.05) is 13.2 Å². The average Bonchev–Trinajstić information content (AvgIpc) is 2.11. The molecule has 6 nitrogen and oxygen atoms in total. The molecule has 0 bridgehead atoms. The third-order valence-electron chi connectivity index (χ3n) is 1.26. The molecule has 5 N–H and O–H groups in total. The van der Waals surface area contributed by atoms with Gasteiger partial charge in [0, 0.05) is 0 Å². The van der Waals surface area contributed by atoms with E-state index in [2.05, 4.69) is 0 Å². The topological polar surface area (TPSA) is 118 Å². The average molecular weight is 183 g/mol. The van der Waals surface area contributed by atoms with E-state index < -0.39 is 37.3 Å². The summed E-state index contributed by atoms with van der Waals surface area (Å²) >= 11 is 0. The van der Waals surface area contributed by atoms with Gasteiger partial charge in [-0.25, -0.2) is 0 Å². The summed E-state index contributed by atoms with van der Waals surface area (Å²) < 4.78 is 13.2. The van der Waals surface area contributed by atoms with Gasteiger partial charge in [-0.3, -0.25) is 4.79 Å². The molecule has 0 aromatic heterocycles. The second-order valence-corrected chi connectivity index (χ2v) is 2.13. The highest BCUT2D eigenvalue weighted by Crippen LogP contribution is 2.00. The van der Waals surface area contributed by atoms with Crippen LogP contribution in [-0.2, 0) is 4.79 Å². The molecule has 0 fully saturated rings. The third kappa shape index (κ3) is 2.84. The largest absolute Gasteiger partial charge is 0.394 e. The number of ketones is 1. The van der Waals surface area contributed by atoms with Crippen LogP contribution in [-0.4, -0.2) is 62.8 Å². The Morgan fingerprint density at radius 3 is 2.17 bits per heavy atom. The predicted octanol–water partition coefficient (Wildman–Crippen LogP) is -3.38. The van der Waals surface area contributed by atoms with E-state index >= 15 is 0 Å². The van der Waals surface area contributed by atoms with Crippen molar-refractivity contribution in [3.63, 3.8) is 0 Å². The van der Waals surface area contributed by atoms with Gasteiger partial charge in [0.1, 0.15) is 24.9 Å². The van der Waals surface area contributed by atoms with Gasteiger partial charge < -0.3 is 25.5 Å². The highest BCUT2D eigenvalue weighted by Gasteiger charge is 2.28. The monoisotopic (exact) mass is 183 g/mol. The number of aliphatic hydroxyl groups excluding tert-OH is 4. The summed E-state index contributed by atoms with van der Waals surface area (Å²) in [4.78, 5) is 10.6. The van der Waals surface area contributed by atoms with Crippen LogP contribution in [0, 0.1) is 0 Å². The smallest absolute Gasteiger partial charge is 0.189 e. The maximum atomic E-state index is 10.6. The van der Waals surface area contributed by atoms with Crippen molar-refractivity contribution in [2.45, 2.75) is 18.3 Å². The van der Waals surface area contributed by atoms with Gasteiger partial charge in [0.05, 0.1) is 9.30 Å². The number of hydrogen-bond donors (Lipinski definition) is 5. The molecule has 6 heteroatoms. The second-order valence-electron chi connectivity index (χ2n) is 2.13. The molecule has 0 heterocycles. The first-order valence-corrected chi connectivity index (χ1v) is 3.12. The molecule has 0 saturated heterocycles. The van der Waals surface area contributed by atoms with Crippen molar-refractivity contribution in [1.82, 2.24) is 0 Å². The quantitative estimate of drug-likeness (QED) is 0.284. The summed E-state index contributed by atoms with van der Waals surface area (Å²) in [7, 11) is 0. The summed E-state index contributed by atoms with van der Waals surface area (Å²) in [6.45, 7) is -4.20. The molecule has 0 aromatic rings. The van der Waals surface area contributed by atoms with Crippen molar-refractivity contribution in [3.8, 4) is 0 Å². The van der Waals surface area contributed by atoms with Gasteiger partial charge in [0.15, 0.2) is 5.78 Å². The number of rotatable bonds is 5. The van der Waals surface area contributed by atoms with Gasteiger partial charge >= 0.3 is 0 Å². The molecule has 72 valence electrons. The summed E-state index contributed by atoms with van der Waals surface area (Å²) in [5.41, 5.74) is 0. The van der Waals surface area contributed by atoms with E-state index in [-0.39, 0.29) is 0 Å². The van der Waals surface area contributed by atoms with Crippen LogP contribution in [0.3, 0.4) is 0 Å². The van der Waals surface area contributed by atoms with E-state index in [9.17, 15) is 4.79 Å². The molecule has 0 aliphatic heterocycles. The Kier molecular flexibility index (Phi) is 3.49. The molecule has 0 amide bonds. The van der Waals surface area contributed by atoms with Crippen molar-refractivity contribution >= 4 is 5.78 Å². The minimum absolute atomic E-state index is 1.06.